The summed E-state index contributed by atoms with van der Waals surface area (Å²) in [7, 11) is 1.56. The molecule has 0 unspecified atom stereocenters. The van der Waals surface area contributed by atoms with Crippen molar-refractivity contribution in [3.05, 3.63) is 58.9 Å². The number of halogens is 2. The highest BCUT2D eigenvalue weighted by Gasteiger charge is 2.50. The van der Waals surface area contributed by atoms with Gasteiger partial charge in [-0.2, -0.15) is 0 Å². The number of carbonyl (C=O) groups is 1. The molecule has 2 saturated heterocycles. The topological polar surface area (TPSA) is 32.8 Å². The van der Waals surface area contributed by atoms with Crippen molar-refractivity contribution in [2.24, 2.45) is 0 Å². The molecule has 2 aliphatic rings. The summed E-state index contributed by atoms with van der Waals surface area (Å²) in [4.78, 5) is 17.0. The first-order valence-electron chi connectivity index (χ1n) is 8.28. The summed E-state index contributed by atoms with van der Waals surface area (Å²) in [6.07, 6.45) is 1.41. The summed E-state index contributed by atoms with van der Waals surface area (Å²) in [5.74, 6) is 0.262. The van der Waals surface area contributed by atoms with Gasteiger partial charge < -0.3 is 4.74 Å². The molecule has 0 aromatic heterocycles. The first-order chi connectivity index (χ1) is 12.1. The second-order valence-corrected chi connectivity index (χ2v) is 6.79. The molecule has 25 heavy (non-hydrogen) atoms. The number of benzene rings is 2. The van der Waals surface area contributed by atoms with E-state index in [4.69, 9.17) is 16.3 Å². The van der Waals surface area contributed by atoms with Gasteiger partial charge >= 0.3 is 0 Å². The number of nitrogens with zero attached hydrogens (tertiary/aromatic N) is 2. The Labute approximate surface area is 150 Å². The quantitative estimate of drug-likeness (QED) is 0.829. The molecule has 4 rings (SSSR count). The van der Waals surface area contributed by atoms with Gasteiger partial charge in [-0.25, -0.2) is 4.39 Å². The molecule has 0 bridgehead atoms. The van der Waals surface area contributed by atoms with Crippen molar-refractivity contribution in [3.8, 4) is 5.75 Å². The zero-order valence-electron chi connectivity index (χ0n) is 13.8. The van der Waals surface area contributed by atoms with Crippen LogP contribution in [0, 0.1) is 5.82 Å². The largest absolute Gasteiger partial charge is 0.495 e. The maximum atomic E-state index is 13.8. The minimum atomic E-state index is -0.358. The van der Waals surface area contributed by atoms with Crippen LogP contribution in [0.2, 0.25) is 5.02 Å². The van der Waals surface area contributed by atoms with Crippen molar-refractivity contribution in [1.29, 1.82) is 0 Å². The first-order valence-corrected chi connectivity index (χ1v) is 8.66. The van der Waals surface area contributed by atoms with E-state index in [0.29, 0.717) is 16.5 Å². The molecule has 0 spiro atoms. The Morgan fingerprint density at radius 2 is 2.08 bits per heavy atom. The molecule has 6 heteroatoms. The number of methoxy groups -OCH3 is 1. The van der Waals surface area contributed by atoms with Crippen LogP contribution in [0.15, 0.2) is 42.5 Å². The lowest BCUT2D eigenvalue weighted by atomic mass is 10.1. The maximum absolute atomic E-state index is 13.8. The van der Waals surface area contributed by atoms with Gasteiger partial charge in [0.15, 0.2) is 0 Å². The lowest BCUT2D eigenvalue weighted by molar-refractivity contribution is -0.119. The predicted octanol–water partition coefficient (Wildman–Crippen LogP) is 4.00. The number of rotatable bonds is 3. The fourth-order valence-electron chi connectivity index (χ4n) is 3.89. The Bertz CT molecular complexity index is 829. The smallest absolute Gasteiger partial charge is 0.246 e. The Hall–Kier alpha value is -2.11. The van der Waals surface area contributed by atoms with Crippen LogP contribution >= 0.6 is 11.6 Å². The van der Waals surface area contributed by atoms with E-state index >= 15 is 0 Å². The minimum absolute atomic E-state index is 0.00679. The molecule has 0 N–H and O–H groups in total. The number of carbonyl (C=O) groups excluding carboxylic acids is 1. The molecule has 2 aromatic rings. The van der Waals surface area contributed by atoms with E-state index in [2.05, 4.69) is 4.90 Å². The summed E-state index contributed by atoms with van der Waals surface area (Å²) < 4.78 is 19.3. The lowest BCUT2D eigenvalue weighted by Crippen LogP contribution is -2.32. The lowest BCUT2D eigenvalue weighted by Gasteiger charge is -2.30. The summed E-state index contributed by atoms with van der Waals surface area (Å²) in [6, 6.07) is 11.4. The maximum Gasteiger partial charge on any atom is 0.246 e. The normalized spacial score (nSPS) is 23.2. The van der Waals surface area contributed by atoms with Gasteiger partial charge in [-0.3, -0.25) is 14.6 Å². The van der Waals surface area contributed by atoms with Crippen LogP contribution in [0.25, 0.3) is 0 Å². The van der Waals surface area contributed by atoms with Crippen molar-refractivity contribution in [3.63, 3.8) is 0 Å². The van der Waals surface area contributed by atoms with E-state index in [1.807, 2.05) is 6.07 Å². The van der Waals surface area contributed by atoms with E-state index in [0.717, 1.165) is 24.9 Å². The van der Waals surface area contributed by atoms with Gasteiger partial charge in [0.25, 0.3) is 0 Å². The molecule has 2 heterocycles. The molecule has 130 valence electrons. The molecule has 2 fully saturated rings. The van der Waals surface area contributed by atoms with Crippen molar-refractivity contribution in [2.75, 3.05) is 18.6 Å². The van der Waals surface area contributed by atoms with Crippen LogP contribution in [0.1, 0.15) is 24.6 Å². The Balaban J connectivity index is 1.87. The van der Waals surface area contributed by atoms with Gasteiger partial charge in [0.1, 0.15) is 17.7 Å². The number of fused-ring (bicyclic) bond motifs is 1. The van der Waals surface area contributed by atoms with Gasteiger partial charge in [-0.15, -0.1) is 0 Å². The molecule has 0 saturated carbocycles. The van der Waals surface area contributed by atoms with E-state index in [-0.39, 0.29) is 23.9 Å². The van der Waals surface area contributed by atoms with Crippen LogP contribution < -0.4 is 9.64 Å². The Morgan fingerprint density at radius 3 is 2.84 bits per heavy atom. The number of amides is 1. The van der Waals surface area contributed by atoms with E-state index in [1.54, 1.807) is 36.3 Å². The molecule has 1 amide bonds. The Morgan fingerprint density at radius 1 is 1.24 bits per heavy atom. The highest BCUT2D eigenvalue weighted by molar-refractivity contribution is 6.31. The number of hydrogen-bond donors (Lipinski definition) is 0. The third-order valence-corrected chi connectivity index (χ3v) is 5.16. The van der Waals surface area contributed by atoms with Crippen LogP contribution in [-0.4, -0.2) is 30.5 Å². The van der Waals surface area contributed by atoms with E-state index in [1.165, 1.54) is 12.1 Å². The average Bonchev–Trinajstić information content (AvgIpc) is 3.17. The van der Waals surface area contributed by atoms with Crippen LogP contribution in [0.3, 0.4) is 0 Å². The second kappa shape index (κ2) is 6.32. The highest BCUT2D eigenvalue weighted by atomic mass is 35.5. The molecule has 0 radical (unpaired) electrons. The van der Waals surface area contributed by atoms with Crippen LogP contribution in [0.4, 0.5) is 10.1 Å². The summed E-state index contributed by atoms with van der Waals surface area (Å²) in [6.45, 7) is 0.803. The van der Waals surface area contributed by atoms with Crippen molar-refractivity contribution in [1.82, 2.24) is 4.90 Å². The van der Waals surface area contributed by atoms with Crippen LogP contribution in [0.5, 0.6) is 5.75 Å². The molecular formula is C19H18ClFN2O2. The molecule has 2 atom stereocenters. The molecule has 2 aliphatic heterocycles. The number of hydrogen-bond acceptors (Lipinski definition) is 3. The fourth-order valence-corrected chi connectivity index (χ4v) is 4.05. The zero-order valence-corrected chi connectivity index (χ0v) is 14.5. The predicted molar refractivity (Wildman–Crippen MR) is 94.4 cm³/mol. The second-order valence-electron chi connectivity index (χ2n) is 6.35. The van der Waals surface area contributed by atoms with Gasteiger partial charge in [0.05, 0.1) is 18.8 Å². The third-order valence-electron chi connectivity index (χ3n) is 4.92. The first kappa shape index (κ1) is 16.4. The Kier molecular flexibility index (Phi) is 4.13. The average molecular weight is 361 g/mol. The van der Waals surface area contributed by atoms with Crippen molar-refractivity contribution < 1.29 is 13.9 Å². The standard InChI is InChI=1S/C19H18ClFN2O2/c1-25-17-8-7-13(20)11-16(17)23-18(12-4-2-5-14(21)10-12)22-9-3-6-15(22)19(23)24/h2,4-5,7-8,10-11,15,18H,3,6,9H2,1H3/t15-,18+/m0/s1. The fraction of sp³-hybridized carbons (Fsp3) is 0.316. The monoisotopic (exact) mass is 360 g/mol. The third kappa shape index (κ3) is 2.68. The van der Waals surface area contributed by atoms with Crippen LogP contribution in [-0.2, 0) is 4.79 Å². The molecule has 4 nitrogen and oxygen atoms in total. The summed E-state index contributed by atoms with van der Waals surface area (Å²) in [5.41, 5.74) is 1.36. The highest BCUT2D eigenvalue weighted by Crippen LogP contribution is 2.45. The number of anilines is 1. The molecular weight excluding hydrogens is 343 g/mol. The molecule has 0 aliphatic carbocycles. The van der Waals surface area contributed by atoms with Gasteiger partial charge in [-0.1, -0.05) is 23.7 Å². The summed E-state index contributed by atoms with van der Waals surface area (Å²) >= 11 is 6.17. The number of ether oxygens (including phenoxy) is 1. The van der Waals surface area contributed by atoms with E-state index < -0.39 is 0 Å². The van der Waals surface area contributed by atoms with Crippen molar-refractivity contribution >= 4 is 23.2 Å². The van der Waals surface area contributed by atoms with Gasteiger partial charge in [-0.05, 0) is 48.7 Å². The zero-order chi connectivity index (χ0) is 17.6. The minimum Gasteiger partial charge on any atom is -0.495 e. The van der Waals surface area contributed by atoms with Crippen molar-refractivity contribution in [2.45, 2.75) is 25.0 Å². The van der Waals surface area contributed by atoms with Gasteiger partial charge in [0, 0.05) is 11.6 Å². The summed E-state index contributed by atoms with van der Waals surface area (Å²) in [5, 5.41) is 0.522. The van der Waals surface area contributed by atoms with Gasteiger partial charge in [0.2, 0.25) is 5.91 Å². The SMILES string of the molecule is COc1ccc(Cl)cc1N1C(=O)[C@@H]2CCCN2[C@H]1c1cccc(F)c1. The molecule has 2 aromatic carbocycles. The van der Waals surface area contributed by atoms with E-state index in [9.17, 15) is 9.18 Å².